The molecule has 0 radical (unpaired) electrons. The zero-order valence-electron chi connectivity index (χ0n) is 17.8. The lowest BCUT2D eigenvalue weighted by atomic mass is 9.70. The largest absolute Gasteiger partial charge is 0.350 e. The van der Waals surface area contributed by atoms with Crippen molar-refractivity contribution in [3.05, 3.63) is 102 Å². The summed E-state index contributed by atoms with van der Waals surface area (Å²) in [6, 6.07) is 24.9. The monoisotopic (exact) mass is 405 g/mol. The molecular formula is C27H23N3O. The molecule has 0 unspecified atom stereocenters. The summed E-state index contributed by atoms with van der Waals surface area (Å²) < 4.78 is 4.26. The molecule has 3 aromatic carbocycles. The average molecular weight is 406 g/mol. The Labute approximate surface area is 180 Å². The molecule has 3 heterocycles. The second kappa shape index (κ2) is 6.11. The van der Waals surface area contributed by atoms with Gasteiger partial charge in [0, 0.05) is 77.7 Å². The zero-order chi connectivity index (χ0) is 21.3. The van der Waals surface area contributed by atoms with Gasteiger partial charge in [0.15, 0.2) is 0 Å². The minimum atomic E-state index is -0.910. The summed E-state index contributed by atoms with van der Waals surface area (Å²) in [5.74, 6) is 0.0846. The van der Waals surface area contributed by atoms with E-state index in [1.165, 1.54) is 0 Å². The number of aryl methyl sites for hydroxylation is 2. The summed E-state index contributed by atoms with van der Waals surface area (Å²) in [7, 11) is 5.99. The highest BCUT2D eigenvalue weighted by molar-refractivity contribution is 6.16. The van der Waals surface area contributed by atoms with Gasteiger partial charge >= 0.3 is 0 Å². The number of likely N-dealkylation sites (N-methyl/N-ethyl adjacent to an activating group) is 1. The summed E-state index contributed by atoms with van der Waals surface area (Å²) in [4.78, 5) is 16.1. The van der Waals surface area contributed by atoms with E-state index in [1.54, 1.807) is 0 Å². The minimum Gasteiger partial charge on any atom is -0.350 e. The van der Waals surface area contributed by atoms with Crippen molar-refractivity contribution in [1.29, 1.82) is 0 Å². The van der Waals surface area contributed by atoms with Gasteiger partial charge in [0.25, 0.3) is 0 Å². The number of carbonyl (C=O) groups excluding carboxylic acids is 1. The summed E-state index contributed by atoms with van der Waals surface area (Å²) >= 11 is 0. The Morgan fingerprint density at radius 1 is 0.613 bits per heavy atom. The standard InChI is InChI=1S/C27H23N3O/c1-28-16-21(18-10-4-7-13-23(18)28)27(20-12-6-9-15-25(20)30(3)26(27)31)22-17-29(2)24-14-8-5-11-19(22)24/h4-17H,1-3H3. The topological polar surface area (TPSA) is 30.2 Å². The van der Waals surface area contributed by atoms with Gasteiger partial charge in [0.05, 0.1) is 0 Å². The van der Waals surface area contributed by atoms with Crippen LogP contribution in [0, 0.1) is 0 Å². The Balaban J connectivity index is 1.84. The molecule has 1 amide bonds. The molecule has 5 aromatic rings. The van der Waals surface area contributed by atoms with E-state index in [4.69, 9.17) is 0 Å². The maximum atomic E-state index is 14.3. The van der Waals surface area contributed by atoms with Crippen molar-refractivity contribution in [2.24, 2.45) is 14.1 Å². The van der Waals surface area contributed by atoms with Crippen LogP contribution >= 0.6 is 0 Å². The van der Waals surface area contributed by atoms with Crippen LogP contribution in [0.15, 0.2) is 85.2 Å². The van der Waals surface area contributed by atoms with Crippen LogP contribution in [-0.2, 0) is 24.3 Å². The van der Waals surface area contributed by atoms with Gasteiger partial charge in [0.1, 0.15) is 5.41 Å². The number of para-hydroxylation sites is 3. The van der Waals surface area contributed by atoms with Gasteiger partial charge in [-0.15, -0.1) is 0 Å². The van der Waals surface area contributed by atoms with Crippen LogP contribution in [-0.4, -0.2) is 22.1 Å². The number of rotatable bonds is 2. The molecule has 0 spiro atoms. The molecule has 0 fully saturated rings. The molecule has 0 atom stereocenters. The van der Waals surface area contributed by atoms with Gasteiger partial charge < -0.3 is 14.0 Å². The number of carbonyl (C=O) groups is 1. The van der Waals surface area contributed by atoms with E-state index in [0.717, 1.165) is 44.2 Å². The van der Waals surface area contributed by atoms with Gasteiger partial charge in [-0.25, -0.2) is 0 Å². The maximum Gasteiger partial charge on any atom is 0.246 e. The van der Waals surface area contributed by atoms with E-state index >= 15 is 0 Å². The second-order valence-electron chi connectivity index (χ2n) is 8.47. The van der Waals surface area contributed by atoms with Crippen LogP contribution < -0.4 is 4.90 Å². The van der Waals surface area contributed by atoms with Gasteiger partial charge in [-0.1, -0.05) is 54.6 Å². The number of fused-ring (bicyclic) bond motifs is 3. The number of amides is 1. The summed E-state index contributed by atoms with van der Waals surface area (Å²) in [6.07, 6.45) is 4.28. The van der Waals surface area contributed by atoms with E-state index in [1.807, 2.05) is 42.3 Å². The molecule has 0 bridgehead atoms. The normalized spacial score (nSPS) is 15.2. The van der Waals surface area contributed by atoms with Gasteiger partial charge in [-0.2, -0.15) is 0 Å². The third-order valence-electron chi connectivity index (χ3n) is 6.90. The lowest BCUT2D eigenvalue weighted by Crippen LogP contribution is -2.40. The first-order valence-electron chi connectivity index (χ1n) is 10.5. The number of anilines is 1. The molecule has 1 aliphatic heterocycles. The first kappa shape index (κ1) is 18.0. The fourth-order valence-corrected chi connectivity index (χ4v) is 5.51. The molecule has 0 saturated heterocycles. The van der Waals surface area contributed by atoms with Crippen LogP contribution in [0.4, 0.5) is 5.69 Å². The Bertz CT molecular complexity index is 1420. The zero-order valence-corrected chi connectivity index (χ0v) is 17.8. The van der Waals surface area contributed by atoms with Crippen molar-refractivity contribution in [1.82, 2.24) is 9.13 Å². The van der Waals surface area contributed by atoms with Crippen LogP contribution in [0.5, 0.6) is 0 Å². The van der Waals surface area contributed by atoms with Gasteiger partial charge in [0.2, 0.25) is 5.91 Å². The number of hydrogen-bond acceptors (Lipinski definition) is 1. The molecule has 4 nitrogen and oxygen atoms in total. The summed E-state index contributed by atoms with van der Waals surface area (Å²) in [5, 5.41) is 2.22. The van der Waals surface area contributed by atoms with Crippen molar-refractivity contribution < 1.29 is 4.79 Å². The molecule has 6 rings (SSSR count). The van der Waals surface area contributed by atoms with Crippen molar-refractivity contribution in [3.63, 3.8) is 0 Å². The third-order valence-corrected chi connectivity index (χ3v) is 6.90. The van der Waals surface area contributed by atoms with Crippen molar-refractivity contribution in [2.45, 2.75) is 5.41 Å². The van der Waals surface area contributed by atoms with Crippen molar-refractivity contribution in [3.8, 4) is 0 Å². The molecule has 31 heavy (non-hydrogen) atoms. The highest BCUT2D eigenvalue weighted by atomic mass is 16.2. The Hall–Kier alpha value is -3.79. The van der Waals surface area contributed by atoms with E-state index in [2.05, 4.69) is 78.1 Å². The number of aromatic nitrogens is 2. The predicted octanol–water partition coefficient (Wildman–Crippen LogP) is 4.98. The van der Waals surface area contributed by atoms with E-state index in [0.29, 0.717) is 0 Å². The summed E-state index contributed by atoms with van der Waals surface area (Å²) in [6.45, 7) is 0. The Morgan fingerprint density at radius 2 is 1.10 bits per heavy atom. The Kier molecular flexibility index (Phi) is 3.55. The molecule has 152 valence electrons. The van der Waals surface area contributed by atoms with Crippen LogP contribution in [0.25, 0.3) is 21.8 Å². The van der Waals surface area contributed by atoms with E-state index in [-0.39, 0.29) is 5.91 Å². The summed E-state index contributed by atoms with van der Waals surface area (Å²) in [5.41, 5.74) is 5.40. The van der Waals surface area contributed by atoms with Crippen LogP contribution in [0.2, 0.25) is 0 Å². The second-order valence-corrected chi connectivity index (χ2v) is 8.47. The number of nitrogens with zero attached hydrogens (tertiary/aromatic N) is 3. The highest BCUT2D eigenvalue weighted by Gasteiger charge is 2.54. The van der Waals surface area contributed by atoms with Crippen LogP contribution in [0.1, 0.15) is 16.7 Å². The van der Waals surface area contributed by atoms with Gasteiger partial charge in [-0.05, 0) is 18.2 Å². The smallest absolute Gasteiger partial charge is 0.246 e. The molecule has 0 saturated carbocycles. The fraction of sp³-hybridized carbons (Fsp3) is 0.148. The van der Waals surface area contributed by atoms with E-state index < -0.39 is 5.41 Å². The molecule has 4 heteroatoms. The minimum absolute atomic E-state index is 0.0846. The predicted molar refractivity (Wildman–Crippen MR) is 126 cm³/mol. The van der Waals surface area contributed by atoms with E-state index in [9.17, 15) is 4.79 Å². The lowest BCUT2D eigenvalue weighted by Gasteiger charge is -2.28. The SMILES string of the molecule is CN1C(=O)C(c2cn(C)c3ccccc23)(c2cn(C)c3ccccc23)c2ccccc21. The molecule has 1 aliphatic rings. The maximum absolute atomic E-state index is 14.3. The first-order valence-corrected chi connectivity index (χ1v) is 10.5. The number of benzene rings is 3. The highest BCUT2D eigenvalue weighted by Crippen LogP contribution is 2.53. The Morgan fingerprint density at radius 3 is 1.68 bits per heavy atom. The van der Waals surface area contributed by atoms with Gasteiger partial charge in [-0.3, -0.25) is 4.79 Å². The third kappa shape index (κ3) is 2.12. The molecule has 0 aliphatic carbocycles. The quantitative estimate of drug-likeness (QED) is 0.407. The number of hydrogen-bond donors (Lipinski definition) is 0. The fourth-order valence-electron chi connectivity index (χ4n) is 5.51. The van der Waals surface area contributed by atoms with Crippen molar-refractivity contribution in [2.75, 3.05) is 11.9 Å². The first-order chi connectivity index (χ1) is 15.0. The molecule has 2 aromatic heterocycles. The van der Waals surface area contributed by atoms with Crippen LogP contribution in [0.3, 0.4) is 0 Å². The molecular weight excluding hydrogens is 382 g/mol. The molecule has 0 N–H and O–H groups in total. The average Bonchev–Trinajstić information content (AvgIpc) is 3.39. The van der Waals surface area contributed by atoms with Crippen molar-refractivity contribution >= 4 is 33.4 Å². The lowest BCUT2D eigenvalue weighted by molar-refractivity contribution is -0.120.